The Bertz CT molecular complexity index is 1860. The summed E-state index contributed by atoms with van der Waals surface area (Å²) in [6.45, 7) is 5.82. The molecule has 48 heavy (non-hydrogen) atoms. The maximum atomic E-state index is 14.0. The molecule has 2 aromatic carbocycles. The zero-order valence-electron chi connectivity index (χ0n) is 28.2. The molecule has 1 aliphatic heterocycles. The molecule has 0 atom stereocenters. The highest BCUT2D eigenvalue weighted by Gasteiger charge is 2.25. The Kier molecular flexibility index (Phi) is 11.7. The third-order valence-electron chi connectivity index (χ3n) is 8.92. The molecule has 1 amide bonds. The van der Waals surface area contributed by atoms with Crippen LogP contribution in [0.5, 0.6) is 0 Å². The quantitative estimate of drug-likeness (QED) is 0.198. The average Bonchev–Trinajstić information content (AvgIpc) is 3.25. The number of rotatable bonds is 14. The number of fused-ring (bicyclic) bond motifs is 3. The standard InChI is InChI=1S/C35H47N7O5S/c1-4-5-15-30-38-33-34(28-13-6-7-14-29(28)37-35(33)36)42(30)19-10-17-40(24-27-12-8-11-26(22-27)23-32(44)47-2)31(43)25-39-16-9-18-41(21-20-39)48(3,45)46/h6-8,11-14,22H,4-5,9-10,15-21,23-25H2,1-3H3,(H2,36,37). The molecular formula is C35H47N7O5S. The zero-order valence-corrected chi connectivity index (χ0v) is 29.0. The molecule has 1 aliphatic rings. The Hall–Kier alpha value is -4.07. The summed E-state index contributed by atoms with van der Waals surface area (Å²) < 4.78 is 32.9. The molecule has 12 nitrogen and oxygen atoms in total. The van der Waals surface area contributed by atoms with Gasteiger partial charge >= 0.3 is 5.97 Å². The van der Waals surface area contributed by atoms with Crippen LogP contribution in [0, 0.1) is 0 Å². The molecule has 2 N–H and O–H groups in total. The molecule has 0 aliphatic carbocycles. The lowest BCUT2D eigenvalue weighted by Crippen LogP contribution is -2.42. The Labute approximate surface area is 282 Å². The van der Waals surface area contributed by atoms with Crippen molar-refractivity contribution < 1.29 is 22.7 Å². The molecule has 13 heteroatoms. The molecule has 0 saturated carbocycles. The number of nitrogen functional groups attached to an aromatic ring is 1. The van der Waals surface area contributed by atoms with Gasteiger partial charge in [0, 0.05) is 51.1 Å². The van der Waals surface area contributed by atoms with Crippen LogP contribution in [0.2, 0.25) is 0 Å². The molecule has 1 saturated heterocycles. The van der Waals surface area contributed by atoms with Crippen LogP contribution in [-0.2, 0) is 50.3 Å². The van der Waals surface area contributed by atoms with Crippen molar-refractivity contribution in [3.63, 3.8) is 0 Å². The molecule has 0 bridgehead atoms. The third-order valence-corrected chi connectivity index (χ3v) is 10.2. The number of carbonyl (C=O) groups excluding carboxylic acids is 2. The number of carbonyl (C=O) groups is 2. The van der Waals surface area contributed by atoms with E-state index < -0.39 is 10.0 Å². The van der Waals surface area contributed by atoms with Gasteiger partial charge in [0.2, 0.25) is 15.9 Å². The Morgan fingerprint density at radius 3 is 2.56 bits per heavy atom. The van der Waals surface area contributed by atoms with E-state index in [0.29, 0.717) is 70.0 Å². The van der Waals surface area contributed by atoms with Gasteiger partial charge in [-0.1, -0.05) is 55.8 Å². The Morgan fingerprint density at radius 1 is 1.00 bits per heavy atom. The molecule has 1 fully saturated rings. The van der Waals surface area contributed by atoms with Crippen molar-refractivity contribution in [2.75, 3.05) is 58.4 Å². The van der Waals surface area contributed by atoms with E-state index in [2.05, 4.69) is 22.5 Å². The van der Waals surface area contributed by atoms with Crippen LogP contribution >= 0.6 is 0 Å². The van der Waals surface area contributed by atoms with Gasteiger partial charge in [0.25, 0.3) is 0 Å². The largest absolute Gasteiger partial charge is 0.469 e. The number of nitrogens with zero attached hydrogens (tertiary/aromatic N) is 6. The number of hydrogen-bond donors (Lipinski definition) is 1. The molecule has 4 aromatic rings. The molecule has 2 aromatic heterocycles. The molecule has 0 spiro atoms. The van der Waals surface area contributed by atoms with Crippen LogP contribution in [0.4, 0.5) is 5.82 Å². The summed E-state index contributed by atoms with van der Waals surface area (Å²) in [5, 5.41) is 0.997. The fraction of sp³-hybridized carbons (Fsp3) is 0.486. The topological polar surface area (TPSA) is 144 Å². The number of sulfonamides is 1. The predicted molar refractivity (Wildman–Crippen MR) is 188 cm³/mol. The van der Waals surface area contributed by atoms with Gasteiger partial charge < -0.3 is 19.9 Å². The van der Waals surface area contributed by atoms with Crippen molar-refractivity contribution in [3.05, 3.63) is 65.5 Å². The summed E-state index contributed by atoms with van der Waals surface area (Å²) in [7, 11) is -1.92. The number of imidazole rings is 1. The average molecular weight is 678 g/mol. The second-order valence-corrected chi connectivity index (χ2v) is 14.5. The SMILES string of the molecule is CCCCc1nc2c(N)nc3ccccc3c2n1CCCN(Cc1cccc(CC(=O)OC)c1)C(=O)CN1CCCN(S(C)(=O)=O)CC1. The lowest BCUT2D eigenvalue weighted by molar-refractivity contribution is -0.139. The first-order valence-electron chi connectivity index (χ1n) is 16.7. The maximum Gasteiger partial charge on any atom is 0.309 e. The van der Waals surface area contributed by atoms with E-state index in [-0.39, 0.29) is 24.8 Å². The van der Waals surface area contributed by atoms with Crippen molar-refractivity contribution in [1.82, 2.24) is 28.6 Å². The number of para-hydroxylation sites is 1. The number of pyridine rings is 1. The molecular weight excluding hydrogens is 630 g/mol. The van der Waals surface area contributed by atoms with Crippen LogP contribution < -0.4 is 5.73 Å². The van der Waals surface area contributed by atoms with Gasteiger partial charge in [0.05, 0.1) is 37.4 Å². The highest BCUT2D eigenvalue weighted by Crippen LogP contribution is 2.29. The Balaban J connectivity index is 1.39. The van der Waals surface area contributed by atoms with E-state index >= 15 is 0 Å². The van der Waals surface area contributed by atoms with E-state index in [9.17, 15) is 18.0 Å². The second-order valence-electron chi connectivity index (χ2n) is 12.5. The van der Waals surface area contributed by atoms with E-state index in [1.807, 2.05) is 52.3 Å². The summed E-state index contributed by atoms with van der Waals surface area (Å²) in [6, 6.07) is 15.6. The van der Waals surface area contributed by atoms with E-state index in [0.717, 1.165) is 52.6 Å². The van der Waals surface area contributed by atoms with Crippen LogP contribution in [0.3, 0.4) is 0 Å². The Morgan fingerprint density at radius 2 is 1.79 bits per heavy atom. The normalized spacial score (nSPS) is 14.7. The number of esters is 1. The summed E-state index contributed by atoms with van der Waals surface area (Å²) in [6.07, 6.45) is 5.57. The van der Waals surface area contributed by atoms with Crippen LogP contribution in [0.25, 0.3) is 21.9 Å². The number of amides is 1. The lowest BCUT2D eigenvalue weighted by Gasteiger charge is -2.27. The van der Waals surface area contributed by atoms with Crippen LogP contribution in [-0.4, -0.2) is 102 Å². The minimum absolute atomic E-state index is 0.0261. The van der Waals surface area contributed by atoms with Gasteiger partial charge in [-0.05, 0) is 43.0 Å². The third kappa shape index (κ3) is 8.69. The number of anilines is 1. The molecule has 5 rings (SSSR count). The van der Waals surface area contributed by atoms with Crippen molar-refractivity contribution in [2.24, 2.45) is 0 Å². The smallest absolute Gasteiger partial charge is 0.309 e. The summed E-state index contributed by atoms with van der Waals surface area (Å²) in [5.74, 6) is 1.03. The fourth-order valence-corrected chi connectivity index (χ4v) is 7.28. The van der Waals surface area contributed by atoms with Gasteiger partial charge in [-0.15, -0.1) is 0 Å². The number of unbranched alkanes of at least 4 members (excludes halogenated alkanes) is 1. The first-order valence-corrected chi connectivity index (χ1v) is 18.6. The van der Waals surface area contributed by atoms with Crippen molar-refractivity contribution >= 4 is 49.7 Å². The number of benzene rings is 2. The number of aromatic nitrogens is 3. The second kappa shape index (κ2) is 15.9. The van der Waals surface area contributed by atoms with Crippen molar-refractivity contribution in [2.45, 2.75) is 58.5 Å². The first-order chi connectivity index (χ1) is 23.1. The minimum Gasteiger partial charge on any atom is -0.469 e. The number of hydrogen-bond acceptors (Lipinski definition) is 9. The summed E-state index contributed by atoms with van der Waals surface area (Å²) in [4.78, 5) is 39.4. The highest BCUT2D eigenvalue weighted by molar-refractivity contribution is 7.88. The van der Waals surface area contributed by atoms with Gasteiger partial charge in [-0.2, -0.15) is 0 Å². The zero-order chi connectivity index (χ0) is 34.3. The summed E-state index contributed by atoms with van der Waals surface area (Å²) in [5.41, 5.74) is 10.7. The van der Waals surface area contributed by atoms with Crippen LogP contribution in [0.1, 0.15) is 49.6 Å². The number of ether oxygens (including phenoxy) is 1. The first kappa shape index (κ1) is 35.2. The molecule has 3 heterocycles. The van der Waals surface area contributed by atoms with Crippen molar-refractivity contribution in [3.8, 4) is 0 Å². The van der Waals surface area contributed by atoms with Gasteiger partial charge in [0.1, 0.15) is 11.3 Å². The maximum absolute atomic E-state index is 14.0. The van der Waals surface area contributed by atoms with Gasteiger partial charge in [0.15, 0.2) is 5.82 Å². The van der Waals surface area contributed by atoms with Gasteiger partial charge in [-0.3, -0.25) is 14.5 Å². The van der Waals surface area contributed by atoms with E-state index in [1.165, 1.54) is 17.7 Å². The monoisotopic (exact) mass is 677 g/mol. The van der Waals surface area contributed by atoms with Crippen LogP contribution in [0.15, 0.2) is 48.5 Å². The lowest BCUT2D eigenvalue weighted by atomic mass is 10.1. The number of nitrogens with two attached hydrogens (primary N) is 1. The molecule has 0 unspecified atom stereocenters. The molecule has 258 valence electrons. The number of aryl methyl sites for hydroxylation is 2. The van der Waals surface area contributed by atoms with E-state index in [4.69, 9.17) is 15.5 Å². The number of methoxy groups -OCH3 is 1. The van der Waals surface area contributed by atoms with E-state index in [1.54, 1.807) is 0 Å². The predicted octanol–water partition coefficient (Wildman–Crippen LogP) is 3.61. The minimum atomic E-state index is -3.29. The summed E-state index contributed by atoms with van der Waals surface area (Å²) >= 11 is 0. The van der Waals surface area contributed by atoms with Gasteiger partial charge in [-0.25, -0.2) is 22.7 Å². The fourth-order valence-electron chi connectivity index (χ4n) is 6.41. The van der Waals surface area contributed by atoms with Crippen molar-refractivity contribution in [1.29, 1.82) is 0 Å². The highest BCUT2D eigenvalue weighted by atomic mass is 32.2. The molecule has 0 radical (unpaired) electrons.